The molecule has 0 radical (unpaired) electrons. The van der Waals surface area contributed by atoms with E-state index in [2.05, 4.69) is 10.3 Å². The number of carbonyl (C=O) groups is 1. The van der Waals surface area contributed by atoms with Crippen molar-refractivity contribution < 1.29 is 19.6 Å². The highest BCUT2D eigenvalue weighted by Crippen LogP contribution is 2.22. The molecule has 0 fully saturated rings. The maximum Gasteiger partial charge on any atom is 0.287 e. The summed E-state index contributed by atoms with van der Waals surface area (Å²) in [6.07, 6.45) is 2.52. The molecule has 0 aliphatic rings. The average molecular weight is 402 g/mol. The summed E-state index contributed by atoms with van der Waals surface area (Å²) in [5.74, 6) is 0.101. The van der Waals surface area contributed by atoms with Gasteiger partial charge in [-0.2, -0.15) is 5.26 Å². The van der Waals surface area contributed by atoms with Crippen LogP contribution in [0.1, 0.15) is 5.56 Å². The fraction of sp³-hybridized carbons (Fsp3) is 0. The minimum atomic E-state index is -0.585. The Morgan fingerprint density at radius 3 is 2.40 bits per heavy atom. The number of hydrogen-bond donors (Lipinski definition) is 2. The summed E-state index contributed by atoms with van der Waals surface area (Å²) in [5.41, 5.74) is 0.793. The number of phenols is 1. The van der Waals surface area contributed by atoms with E-state index < -0.39 is 10.8 Å². The van der Waals surface area contributed by atoms with Gasteiger partial charge >= 0.3 is 0 Å². The molecule has 0 atom stereocenters. The standard InChI is InChI=1S/C21H14N4O5/c22-12-15(21(27)24-16-3-6-18(26)7-4-16)11-14-1-8-19(9-2-14)30-20-10-5-17(13-23-20)25(28)29/h1-11,13,26H,(H,24,27)/b15-11-. The topological polar surface area (TPSA) is 138 Å². The van der Waals surface area contributed by atoms with Crippen molar-refractivity contribution >= 4 is 23.4 Å². The average Bonchev–Trinajstić information content (AvgIpc) is 2.75. The van der Waals surface area contributed by atoms with E-state index in [1.807, 2.05) is 6.07 Å². The van der Waals surface area contributed by atoms with Gasteiger partial charge in [-0.25, -0.2) is 4.98 Å². The number of ether oxygens (including phenoxy) is 1. The Morgan fingerprint density at radius 1 is 1.13 bits per heavy atom. The monoisotopic (exact) mass is 402 g/mol. The van der Waals surface area contributed by atoms with Crippen LogP contribution < -0.4 is 10.1 Å². The number of nitriles is 1. The highest BCUT2D eigenvalue weighted by molar-refractivity contribution is 6.09. The Morgan fingerprint density at radius 2 is 1.83 bits per heavy atom. The smallest absolute Gasteiger partial charge is 0.287 e. The van der Waals surface area contributed by atoms with Crippen LogP contribution in [0.15, 0.2) is 72.4 Å². The predicted octanol–water partition coefficient (Wildman–Crippen LogP) is 4.03. The van der Waals surface area contributed by atoms with Crippen LogP contribution in [0.25, 0.3) is 6.08 Å². The van der Waals surface area contributed by atoms with E-state index in [4.69, 9.17) is 4.74 Å². The van der Waals surface area contributed by atoms with Crippen LogP contribution in [-0.4, -0.2) is 20.9 Å². The van der Waals surface area contributed by atoms with Gasteiger partial charge in [0.05, 0.1) is 4.92 Å². The summed E-state index contributed by atoms with van der Waals surface area (Å²) in [5, 5.41) is 31.8. The number of aromatic nitrogens is 1. The molecule has 2 N–H and O–H groups in total. The largest absolute Gasteiger partial charge is 0.508 e. The molecule has 30 heavy (non-hydrogen) atoms. The van der Waals surface area contributed by atoms with Gasteiger partial charge in [-0.05, 0) is 48.0 Å². The number of pyridine rings is 1. The first-order chi connectivity index (χ1) is 14.4. The van der Waals surface area contributed by atoms with Crippen molar-refractivity contribution in [3.63, 3.8) is 0 Å². The van der Waals surface area contributed by atoms with Gasteiger partial charge in [0, 0.05) is 17.8 Å². The number of nitro groups is 1. The van der Waals surface area contributed by atoms with Crippen LogP contribution in [0.2, 0.25) is 0 Å². The van der Waals surface area contributed by atoms with Crippen LogP contribution in [0.3, 0.4) is 0 Å². The Labute approximate surface area is 170 Å². The lowest BCUT2D eigenvalue weighted by atomic mass is 10.1. The van der Waals surface area contributed by atoms with Crippen molar-refractivity contribution in [3.05, 3.63) is 88.1 Å². The highest BCUT2D eigenvalue weighted by atomic mass is 16.6. The first-order valence-corrected chi connectivity index (χ1v) is 8.55. The lowest BCUT2D eigenvalue weighted by Gasteiger charge is -2.06. The van der Waals surface area contributed by atoms with Gasteiger partial charge in [0.1, 0.15) is 29.3 Å². The quantitative estimate of drug-likeness (QED) is 0.209. The second-order valence-electron chi connectivity index (χ2n) is 5.95. The molecule has 1 heterocycles. The fourth-order valence-corrected chi connectivity index (χ4v) is 2.35. The number of nitrogens with one attached hydrogen (secondary N) is 1. The third kappa shape index (κ3) is 5.17. The van der Waals surface area contributed by atoms with Crippen molar-refractivity contribution in [2.75, 3.05) is 5.32 Å². The molecule has 3 rings (SSSR count). The summed E-state index contributed by atoms with van der Waals surface area (Å²) < 4.78 is 5.52. The number of nitrogens with zero attached hydrogens (tertiary/aromatic N) is 3. The molecule has 3 aromatic rings. The van der Waals surface area contributed by atoms with Crippen molar-refractivity contribution in [3.8, 4) is 23.4 Å². The number of benzene rings is 2. The number of rotatable bonds is 6. The number of amides is 1. The fourth-order valence-electron chi connectivity index (χ4n) is 2.35. The Kier molecular flexibility index (Phi) is 6.00. The van der Waals surface area contributed by atoms with Crippen LogP contribution in [-0.2, 0) is 4.79 Å². The third-order valence-electron chi connectivity index (χ3n) is 3.84. The van der Waals surface area contributed by atoms with E-state index in [9.17, 15) is 25.3 Å². The predicted molar refractivity (Wildman–Crippen MR) is 108 cm³/mol. The molecule has 0 unspecified atom stereocenters. The second kappa shape index (κ2) is 8.99. The van der Waals surface area contributed by atoms with Crippen LogP contribution in [0.5, 0.6) is 17.4 Å². The molecule has 0 saturated heterocycles. The molecule has 148 valence electrons. The maximum absolute atomic E-state index is 12.3. The van der Waals surface area contributed by atoms with Gasteiger partial charge in [-0.1, -0.05) is 12.1 Å². The summed E-state index contributed by atoms with van der Waals surface area (Å²) in [6.45, 7) is 0. The maximum atomic E-state index is 12.3. The number of anilines is 1. The molecule has 9 heteroatoms. The number of phenolic OH excluding ortho intramolecular Hbond substituents is 1. The van der Waals surface area contributed by atoms with E-state index in [0.29, 0.717) is 17.0 Å². The van der Waals surface area contributed by atoms with Gasteiger partial charge in [-0.15, -0.1) is 0 Å². The molecule has 0 aliphatic heterocycles. The number of hydrogen-bond acceptors (Lipinski definition) is 7. The molecule has 0 spiro atoms. The number of aromatic hydroxyl groups is 1. The zero-order valence-corrected chi connectivity index (χ0v) is 15.4. The normalized spacial score (nSPS) is 10.7. The van der Waals surface area contributed by atoms with Crippen molar-refractivity contribution in [2.45, 2.75) is 0 Å². The zero-order valence-electron chi connectivity index (χ0n) is 15.4. The molecule has 1 aromatic heterocycles. The number of carbonyl (C=O) groups excluding carboxylic acids is 1. The molecular formula is C21H14N4O5. The summed E-state index contributed by atoms with van der Waals surface area (Å²) in [6, 6.07) is 16.9. The minimum Gasteiger partial charge on any atom is -0.508 e. The van der Waals surface area contributed by atoms with Crippen molar-refractivity contribution in [2.24, 2.45) is 0 Å². The first kappa shape index (κ1) is 20.0. The SMILES string of the molecule is N#C/C(=C/c1ccc(Oc2ccc([N+](=O)[O-])cn2)cc1)C(=O)Nc1ccc(O)cc1. The lowest BCUT2D eigenvalue weighted by molar-refractivity contribution is -0.385. The van der Waals surface area contributed by atoms with Crippen molar-refractivity contribution in [1.82, 2.24) is 4.98 Å². The van der Waals surface area contributed by atoms with Crippen LogP contribution in [0, 0.1) is 21.4 Å². The van der Waals surface area contributed by atoms with Crippen LogP contribution in [0.4, 0.5) is 11.4 Å². The molecule has 0 bridgehead atoms. The van der Waals surface area contributed by atoms with Gasteiger partial charge in [0.15, 0.2) is 0 Å². The first-order valence-electron chi connectivity index (χ1n) is 8.55. The second-order valence-corrected chi connectivity index (χ2v) is 5.95. The zero-order chi connectivity index (χ0) is 21.5. The van der Waals surface area contributed by atoms with E-state index in [1.54, 1.807) is 24.3 Å². The van der Waals surface area contributed by atoms with E-state index in [1.165, 1.54) is 42.5 Å². The molecule has 0 saturated carbocycles. The molecule has 1 amide bonds. The van der Waals surface area contributed by atoms with E-state index in [0.717, 1.165) is 6.20 Å². The third-order valence-corrected chi connectivity index (χ3v) is 3.84. The summed E-state index contributed by atoms with van der Waals surface area (Å²) in [7, 11) is 0. The summed E-state index contributed by atoms with van der Waals surface area (Å²) >= 11 is 0. The van der Waals surface area contributed by atoms with Crippen molar-refractivity contribution in [1.29, 1.82) is 5.26 Å². The van der Waals surface area contributed by atoms with Gasteiger partial charge in [-0.3, -0.25) is 14.9 Å². The highest BCUT2D eigenvalue weighted by Gasteiger charge is 2.10. The Hall–Kier alpha value is -4.71. The summed E-state index contributed by atoms with van der Waals surface area (Å²) in [4.78, 5) is 26.2. The van der Waals surface area contributed by atoms with Gasteiger partial charge < -0.3 is 15.2 Å². The molecular weight excluding hydrogens is 388 g/mol. The van der Waals surface area contributed by atoms with E-state index in [-0.39, 0.29) is 22.9 Å². The molecule has 9 nitrogen and oxygen atoms in total. The Balaban J connectivity index is 1.68. The van der Waals surface area contributed by atoms with Crippen LogP contribution >= 0.6 is 0 Å². The van der Waals surface area contributed by atoms with Gasteiger partial charge in [0.25, 0.3) is 11.6 Å². The Bertz CT molecular complexity index is 1130. The lowest BCUT2D eigenvalue weighted by Crippen LogP contribution is -2.13. The van der Waals surface area contributed by atoms with Gasteiger partial charge in [0.2, 0.25) is 5.88 Å². The minimum absolute atomic E-state index is 0.0651. The molecule has 0 aliphatic carbocycles. The molecule has 2 aromatic carbocycles. The van der Waals surface area contributed by atoms with E-state index >= 15 is 0 Å².